The van der Waals surface area contributed by atoms with Gasteiger partial charge in [-0.15, -0.1) is 0 Å². The molecule has 0 saturated heterocycles. The van der Waals surface area contributed by atoms with Gasteiger partial charge >= 0.3 is 6.09 Å². The quantitative estimate of drug-likeness (QED) is 0.806. The Hall–Kier alpha value is -2.24. The largest absolute Gasteiger partial charge is 0.492 e. The van der Waals surface area contributed by atoms with Gasteiger partial charge in [0.1, 0.15) is 18.0 Å². The number of carbonyl (C=O) groups excluding carboxylic acids is 2. The minimum atomic E-state index is -0.552. The molecule has 0 atom stereocenters. The van der Waals surface area contributed by atoms with Gasteiger partial charge in [-0.25, -0.2) is 4.79 Å². The lowest BCUT2D eigenvalue weighted by Gasteiger charge is -2.20. The Morgan fingerprint density at radius 3 is 2.33 bits per heavy atom. The normalized spacial score (nSPS) is 11.6. The lowest BCUT2D eigenvalue weighted by atomic mass is 9.96. The van der Waals surface area contributed by atoms with Crippen molar-refractivity contribution in [3.8, 4) is 5.75 Å². The summed E-state index contributed by atoms with van der Waals surface area (Å²) in [7, 11) is 0. The van der Waals surface area contributed by atoms with Crippen molar-refractivity contribution in [2.45, 2.75) is 47.1 Å². The van der Waals surface area contributed by atoms with E-state index in [1.165, 1.54) is 0 Å². The van der Waals surface area contributed by atoms with Crippen LogP contribution in [0.1, 0.15) is 41.5 Å². The van der Waals surface area contributed by atoms with Gasteiger partial charge in [-0.05, 0) is 32.9 Å². The summed E-state index contributed by atoms with van der Waals surface area (Å²) >= 11 is 0. The van der Waals surface area contributed by atoms with Gasteiger partial charge in [0.2, 0.25) is 5.91 Å². The molecule has 0 unspecified atom stereocenters. The fourth-order valence-corrected chi connectivity index (χ4v) is 1.68. The molecule has 1 aromatic carbocycles. The summed E-state index contributed by atoms with van der Waals surface area (Å²) in [5, 5.41) is 5.47. The molecular weight excluding hydrogens is 308 g/mol. The van der Waals surface area contributed by atoms with Crippen LogP contribution in [0.3, 0.4) is 0 Å². The predicted octanol–water partition coefficient (Wildman–Crippen LogP) is 3.57. The monoisotopic (exact) mass is 336 g/mol. The van der Waals surface area contributed by atoms with Crippen LogP contribution in [0, 0.1) is 5.41 Å². The highest BCUT2D eigenvalue weighted by Crippen LogP contribution is 2.18. The molecule has 0 fully saturated rings. The molecule has 2 amide bonds. The van der Waals surface area contributed by atoms with Crippen LogP contribution >= 0.6 is 0 Å². The average Bonchev–Trinajstić information content (AvgIpc) is 2.40. The van der Waals surface area contributed by atoms with Crippen molar-refractivity contribution < 1.29 is 19.1 Å². The van der Waals surface area contributed by atoms with E-state index >= 15 is 0 Å². The second-order valence-electron chi connectivity index (χ2n) is 7.51. The topological polar surface area (TPSA) is 76.7 Å². The lowest BCUT2D eigenvalue weighted by Crippen LogP contribution is -2.37. The van der Waals surface area contributed by atoms with Gasteiger partial charge in [0, 0.05) is 17.2 Å². The Kier molecular flexibility index (Phi) is 6.63. The summed E-state index contributed by atoms with van der Waals surface area (Å²) in [6.45, 7) is 11.7. The lowest BCUT2D eigenvalue weighted by molar-refractivity contribution is -0.128. The van der Waals surface area contributed by atoms with Crippen LogP contribution in [-0.2, 0) is 9.53 Å². The number of nitrogens with one attached hydrogen (secondary N) is 2. The average molecular weight is 336 g/mol. The molecule has 134 valence electrons. The first-order valence-electron chi connectivity index (χ1n) is 7.98. The maximum Gasteiger partial charge on any atom is 0.412 e. The Bertz CT molecular complexity index is 571. The van der Waals surface area contributed by atoms with Crippen LogP contribution in [0.5, 0.6) is 5.75 Å². The number of carbonyl (C=O) groups is 2. The molecular formula is C18H28N2O4. The molecule has 0 spiro atoms. The van der Waals surface area contributed by atoms with E-state index in [0.717, 1.165) is 0 Å². The minimum Gasteiger partial charge on any atom is -0.492 e. The number of anilines is 1. The van der Waals surface area contributed by atoms with Crippen molar-refractivity contribution in [2.24, 2.45) is 5.41 Å². The van der Waals surface area contributed by atoms with E-state index in [9.17, 15) is 9.59 Å². The molecule has 0 aromatic heterocycles. The molecule has 0 heterocycles. The van der Waals surface area contributed by atoms with E-state index in [2.05, 4.69) is 10.6 Å². The van der Waals surface area contributed by atoms with Crippen molar-refractivity contribution >= 4 is 17.7 Å². The molecule has 6 heteroatoms. The van der Waals surface area contributed by atoms with Crippen molar-refractivity contribution in [1.29, 1.82) is 0 Å². The van der Waals surface area contributed by atoms with Crippen molar-refractivity contribution in [2.75, 3.05) is 18.5 Å². The predicted molar refractivity (Wildman–Crippen MR) is 94.3 cm³/mol. The number of ether oxygens (including phenoxy) is 2. The Labute approximate surface area is 143 Å². The van der Waals surface area contributed by atoms with Crippen LogP contribution in [0.4, 0.5) is 10.5 Å². The van der Waals surface area contributed by atoms with Gasteiger partial charge in [0.25, 0.3) is 0 Å². The Morgan fingerprint density at radius 1 is 1.08 bits per heavy atom. The molecule has 2 N–H and O–H groups in total. The van der Waals surface area contributed by atoms with Crippen LogP contribution in [0.15, 0.2) is 24.3 Å². The minimum absolute atomic E-state index is 0.0218. The van der Waals surface area contributed by atoms with Crippen LogP contribution in [-0.4, -0.2) is 30.8 Å². The highest BCUT2D eigenvalue weighted by atomic mass is 16.6. The van der Waals surface area contributed by atoms with Crippen molar-refractivity contribution in [3.05, 3.63) is 24.3 Å². The van der Waals surface area contributed by atoms with E-state index in [4.69, 9.17) is 9.47 Å². The molecule has 0 radical (unpaired) electrons. The molecule has 0 aliphatic rings. The van der Waals surface area contributed by atoms with E-state index in [1.54, 1.807) is 45.0 Å². The highest BCUT2D eigenvalue weighted by molar-refractivity contribution is 5.85. The maximum atomic E-state index is 11.7. The molecule has 0 aliphatic heterocycles. The molecule has 24 heavy (non-hydrogen) atoms. The second kappa shape index (κ2) is 8.04. The Balaban J connectivity index is 2.46. The summed E-state index contributed by atoms with van der Waals surface area (Å²) in [6.07, 6.45) is -0.517. The van der Waals surface area contributed by atoms with Crippen molar-refractivity contribution in [3.63, 3.8) is 0 Å². The molecule has 0 bridgehead atoms. The first-order chi connectivity index (χ1) is 11.0. The van der Waals surface area contributed by atoms with Crippen LogP contribution in [0.25, 0.3) is 0 Å². The van der Waals surface area contributed by atoms with Gasteiger partial charge in [-0.2, -0.15) is 0 Å². The third-order valence-corrected chi connectivity index (χ3v) is 2.82. The number of rotatable bonds is 5. The summed E-state index contributed by atoms with van der Waals surface area (Å²) in [5.41, 5.74) is -0.388. The standard InChI is InChI=1S/C18H28N2O4/c1-17(2,3)15(21)19-10-11-23-14-9-7-8-13(12-14)20-16(22)24-18(4,5)6/h7-9,12H,10-11H2,1-6H3,(H,19,21)(H,20,22). The van der Waals surface area contributed by atoms with Crippen molar-refractivity contribution in [1.82, 2.24) is 5.32 Å². The fraction of sp³-hybridized carbons (Fsp3) is 0.556. The fourth-order valence-electron chi connectivity index (χ4n) is 1.68. The summed E-state index contributed by atoms with van der Waals surface area (Å²) < 4.78 is 10.8. The van der Waals surface area contributed by atoms with E-state index < -0.39 is 17.1 Å². The molecule has 6 nitrogen and oxygen atoms in total. The maximum absolute atomic E-state index is 11.7. The first-order valence-corrected chi connectivity index (χ1v) is 7.98. The second-order valence-corrected chi connectivity index (χ2v) is 7.51. The van der Waals surface area contributed by atoms with Gasteiger partial charge in [-0.3, -0.25) is 10.1 Å². The smallest absolute Gasteiger partial charge is 0.412 e. The van der Waals surface area contributed by atoms with Gasteiger partial charge < -0.3 is 14.8 Å². The van der Waals surface area contributed by atoms with E-state index in [0.29, 0.717) is 24.6 Å². The van der Waals surface area contributed by atoms with E-state index in [1.807, 2.05) is 20.8 Å². The van der Waals surface area contributed by atoms with Crippen LogP contribution < -0.4 is 15.4 Å². The third-order valence-electron chi connectivity index (χ3n) is 2.82. The summed E-state index contributed by atoms with van der Waals surface area (Å²) in [6, 6.07) is 7.01. The first kappa shape index (κ1) is 19.8. The zero-order chi connectivity index (χ0) is 18.4. The SMILES string of the molecule is CC(C)(C)OC(=O)Nc1cccc(OCCNC(=O)C(C)(C)C)c1. The Morgan fingerprint density at radius 2 is 1.75 bits per heavy atom. The van der Waals surface area contributed by atoms with Gasteiger partial charge in [0.15, 0.2) is 0 Å². The molecule has 0 saturated carbocycles. The van der Waals surface area contributed by atoms with Gasteiger partial charge in [-0.1, -0.05) is 26.8 Å². The van der Waals surface area contributed by atoms with Crippen LogP contribution in [0.2, 0.25) is 0 Å². The summed E-state index contributed by atoms with van der Waals surface area (Å²) in [4.78, 5) is 23.5. The molecule has 1 aromatic rings. The zero-order valence-corrected chi connectivity index (χ0v) is 15.4. The van der Waals surface area contributed by atoms with E-state index in [-0.39, 0.29) is 5.91 Å². The molecule has 1 rings (SSSR count). The number of hydrogen-bond acceptors (Lipinski definition) is 4. The number of amides is 2. The highest BCUT2D eigenvalue weighted by Gasteiger charge is 2.20. The van der Waals surface area contributed by atoms with Gasteiger partial charge in [0.05, 0.1) is 6.54 Å². The number of benzene rings is 1. The number of hydrogen-bond donors (Lipinski definition) is 2. The zero-order valence-electron chi connectivity index (χ0n) is 15.4. The summed E-state index contributed by atoms with van der Waals surface area (Å²) in [5.74, 6) is 0.583. The molecule has 0 aliphatic carbocycles. The third kappa shape index (κ3) is 7.85.